The molecule has 0 radical (unpaired) electrons. The second kappa shape index (κ2) is 6.89. The Kier molecular flexibility index (Phi) is 4.99. The number of carboxylic acid groups (broad SMARTS) is 1. The van der Waals surface area contributed by atoms with Gasteiger partial charge in [-0.15, -0.1) is 0 Å². The Morgan fingerprint density at radius 2 is 1.42 bits per heavy atom. The summed E-state index contributed by atoms with van der Waals surface area (Å²) in [4.78, 5) is 12.8. The van der Waals surface area contributed by atoms with Crippen LogP contribution in [0.3, 0.4) is 0 Å². The smallest absolute Gasteiger partial charge is 0.310 e. The maximum absolute atomic E-state index is 12.8. The van der Waals surface area contributed by atoms with Gasteiger partial charge >= 0.3 is 5.97 Å². The van der Waals surface area contributed by atoms with Crippen LogP contribution in [0.2, 0.25) is 0 Å². The number of aliphatic hydroxyl groups excluding tert-OH is 1. The maximum atomic E-state index is 12.8. The lowest BCUT2D eigenvalue weighted by Crippen LogP contribution is -2.64. The van der Waals surface area contributed by atoms with Crippen LogP contribution in [0, 0.1) is 50.2 Å². The number of aliphatic carboxylic acids is 1. The molecule has 0 saturated heterocycles. The Bertz CT molecular complexity index is 885. The molecule has 3 heteroatoms. The number of carboxylic acids is 1. The third-order valence-corrected chi connectivity index (χ3v) is 12.7. The molecule has 2 N–H and O–H groups in total. The summed E-state index contributed by atoms with van der Waals surface area (Å²) in [6.07, 6.45) is 12.6. The van der Waals surface area contributed by atoms with Crippen molar-refractivity contribution in [1.29, 1.82) is 0 Å². The van der Waals surface area contributed by atoms with Crippen molar-refractivity contribution in [1.82, 2.24) is 0 Å². The Morgan fingerprint density at radius 3 is 2.06 bits per heavy atom. The average Bonchev–Trinajstić information content (AvgIpc) is 2.70. The first-order chi connectivity index (χ1) is 15.1. The average molecular weight is 457 g/mol. The predicted molar refractivity (Wildman–Crippen MR) is 133 cm³/mol. The highest BCUT2D eigenvalue weighted by Gasteiger charge is 2.68. The molecule has 0 aromatic rings. The van der Waals surface area contributed by atoms with E-state index in [1.54, 1.807) is 5.57 Å². The van der Waals surface area contributed by atoms with Gasteiger partial charge in [-0.25, -0.2) is 0 Å². The van der Waals surface area contributed by atoms with Crippen molar-refractivity contribution < 1.29 is 15.0 Å². The van der Waals surface area contributed by atoms with Crippen LogP contribution in [0.4, 0.5) is 0 Å². The first kappa shape index (κ1) is 23.9. The van der Waals surface area contributed by atoms with E-state index in [4.69, 9.17) is 0 Å². The molecule has 0 aromatic carbocycles. The molecular formula is C30H48O3. The minimum atomic E-state index is -0.574. The molecule has 3 unspecified atom stereocenters. The van der Waals surface area contributed by atoms with Crippen LogP contribution in [-0.4, -0.2) is 22.3 Å². The number of hydrogen-bond acceptors (Lipinski definition) is 2. The number of fused-ring (bicyclic) bond motifs is 7. The summed E-state index contributed by atoms with van der Waals surface area (Å²) >= 11 is 0. The molecule has 0 heterocycles. The summed E-state index contributed by atoms with van der Waals surface area (Å²) in [6.45, 7) is 16.9. The van der Waals surface area contributed by atoms with Crippen molar-refractivity contribution in [3.63, 3.8) is 0 Å². The zero-order chi connectivity index (χ0) is 24.2. The van der Waals surface area contributed by atoms with E-state index < -0.39 is 11.4 Å². The number of rotatable bonds is 1. The normalized spacial score (nSPS) is 52.4. The highest BCUT2D eigenvalue weighted by molar-refractivity contribution is 5.76. The summed E-state index contributed by atoms with van der Waals surface area (Å²) < 4.78 is 0. The number of carbonyl (C=O) groups is 1. The first-order valence-corrected chi connectivity index (χ1v) is 13.8. The van der Waals surface area contributed by atoms with Gasteiger partial charge in [0.25, 0.3) is 0 Å². The lowest BCUT2D eigenvalue weighted by molar-refractivity contribution is -0.189. The molecule has 33 heavy (non-hydrogen) atoms. The Morgan fingerprint density at radius 1 is 0.818 bits per heavy atom. The highest BCUT2D eigenvalue weighted by Crippen LogP contribution is 2.75. The SMILES string of the molecule is CC1(C)CC[C@@]2(C(=O)O)CC=C3[C@](C)(CCC4[C@]5(C)CC[C@@H](O)C(C)(C)C5CC[C@]34C)C2C1. The van der Waals surface area contributed by atoms with Crippen molar-refractivity contribution in [2.45, 2.75) is 119 Å². The monoisotopic (exact) mass is 456 g/mol. The summed E-state index contributed by atoms with van der Waals surface area (Å²) in [5, 5.41) is 21.4. The van der Waals surface area contributed by atoms with Gasteiger partial charge in [-0.1, -0.05) is 60.1 Å². The molecule has 5 aliphatic rings. The fourth-order valence-electron chi connectivity index (χ4n) is 10.9. The molecule has 0 aliphatic heterocycles. The van der Waals surface area contributed by atoms with Crippen molar-refractivity contribution in [2.75, 3.05) is 0 Å². The molecule has 0 bridgehead atoms. The zero-order valence-corrected chi connectivity index (χ0v) is 22.3. The standard InChI is InChI=1S/C30H48O3/c1-25(2)16-17-30(24(32)33)15-10-21-28(6)12-8-19-26(3,4)23(31)11-14-27(19,5)20(28)9-13-29(21,7)22(30)18-25/h10,19-20,22-23,31H,8-9,11-18H2,1-7H3,(H,32,33)/t19?,20?,22?,23-,27-,28+,29+,30+/m1/s1. The molecule has 5 rings (SSSR count). The van der Waals surface area contributed by atoms with Gasteiger partial charge < -0.3 is 10.2 Å². The molecule has 8 atom stereocenters. The highest BCUT2D eigenvalue weighted by atomic mass is 16.4. The van der Waals surface area contributed by atoms with E-state index in [2.05, 4.69) is 54.5 Å². The van der Waals surface area contributed by atoms with Gasteiger partial charge in [0.15, 0.2) is 0 Å². The van der Waals surface area contributed by atoms with Gasteiger partial charge in [0.05, 0.1) is 11.5 Å². The second-order valence-corrected chi connectivity index (χ2v) is 15.1. The van der Waals surface area contributed by atoms with Crippen molar-refractivity contribution >= 4 is 5.97 Å². The number of allylic oxidation sites excluding steroid dienone is 2. The fraction of sp³-hybridized carbons (Fsp3) is 0.900. The summed E-state index contributed by atoms with van der Waals surface area (Å²) in [7, 11) is 0. The van der Waals surface area contributed by atoms with Crippen molar-refractivity contribution in [3.8, 4) is 0 Å². The predicted octanol–water partition coefficient (Wildman–Crippen LogP) is 7.23. The molecule has 3 nitrogen and oxygen atoms in total. The van der Waals surface area contributed by atoms with Crippen LogP contribution in [0.25, 0.3) is 0 Å². The van der Waals surface area contributed by atoms with Gasteiger partial charge in [0.1, 0.15) is 0 Å². The third-order valence-electron chi connectivity index (χ3n) is 12.7. The van der Waals surface area contributed by atoms with Gasteiger partial charge in [-0.2, -0.15) is 0 Å². The van der Waals surface area contributed by atoms with Crippen LogP contribution in [0.5, 0.6) is 0 Å². The molecule has 0 aromatic heterocycles. The van der Waals surface area contributed by atoms with Crippen LogP contribution in [0.1, 0.15) is 113 Å². The van der Waals surface area contributed by atoms with Gasteiger partial charge in [0, 0.05) is 0 Å². The van der Waals surface area contributed by atoms with E-state index in [9.17, 15) is 15.0 Å². The Balaban J connectivity index is 1.59. The molecule has 0 amide bonds. The third kappa shape index (κ3) is 2.93. The Hall–Kier alpha value is -0.830. The topological polar surface area (TPSA) is 57.5 Å². The Labute approximate surface area is 201 Å². The second-order valence-electron chi connectivity index (χ2n) is 15.1. The minimum absolute atomic E-state index is 0.00747. The van der Waals surface area contributed by atoms with Crippen LogP contribution in [0.15, 0.2) is 11.6 Å². The van der Waals surface area contributed by atoms with Gasteiger partial charge in [-0.3, -0.25) is 4.79 Å². The van der Waals surface area contributed by atoms with E-state index in [-0.39, 0.29) is 39.1 Å². The maximum Gasteiger partial charge on any atom is 0.310 e. The fourth-order valence-corrected chi connectivity index (χ4v) is 10.9. The van der Waals surface area contributed by atoms with Gasteiger partial charge in [-0.05, 0) is 109 Å². The molecule has 186 valence electrons. The van der Waals surface area contributed by atoms with Crippen LogP contribution < -0.4 is 0 Å². The minimum Gasteiger partial charge on any atom is -0.481 e. The van der Waals surface area contributed by atoms with Crippen molar-refractivity contribution in [2.24, 2.45) is 50.2 Å². The molecule has 4 saturated carbocycles. The number of aliphatic hydroxyl groups is 1. The quantitative estimate of drug-likeness (QED) is 0.409. The summed E-state index contributed by atoms with van der Waals surface area (Å²) in [6, 6.07) is 0. The van der Waals surface area contributed by atoms with E-state index in [1.165, 1.54) is 19.3 Å². The van der Waals surface area contributed by atoms with E-state index in [0.29, 0.717) is 11.8 Å². The lowest BCUT2D eigenvalue weighted by Gasteiger charge is -2.70. The molecule has 0 spiro atoms. The molecule has 5 aliphatic carbocycles. The van der Waals surface area contributed by atoms with E-state index in [1.807, 2.05) is 0 Å². The molecular weight excluding hydrogens is 408 g/mol. The molecule has 4 fully saturated rings. The summed E-state index contributed by atoms with van der Waals surface area (Å²) in [5.41, 5.74) is 1.64. The zero-order valence-electron chi connectivity index (χ0n) is 22.3. The van der Waals surface area contributed by atoms with E-state index in [0.717, 1.165) is 44.9 Å². The van der Waals surface area contributed by atoms with Gasteiger partial charge in [0.2, 0.25) is 0 Å². The summed E-state index contributed by atoms with van der Waals surface area (Å²) in [5.74, 6) is 0.875. The van der Waals surface area contributed by atoms with Crippen LogP contribution in [-0.2, 0) is 4.79 Å². The number of hydrogen-bond donors (Lipinski definition) is 2. The van der Waals surface area contributed by atoms with Crippen LogP contribution >= 0.6 is 0 Å². The first-order valence-electron chi connectivity index (χ1n) is 13.8. The largest absolute Gasteiger partial charge is 0.481 e. The lowest BCUT2D eigenvalue weighted by atomic mass is 9.34. The van der Waals surface area contributed by atoms with E-state index >= 15 is 0 Å². The van der Waals surface area contributed by atoms with Crippen molar-refractivity contribution in [3.05, 3.63) is 11.6 Å².